The number of carbonyl (C=O) groups is 2. The van der Waals surface area contributed by atoms with Crippen LogP contribution in [0.4, 0.5) is 0 Å². The van der Waals surface area contributed by atoms with E-state index in [2.05, 4.69) is 29.9 Å². The smallest absolute Gasteiger partial charge is 0.309 e. The summed E-state index contributed by atoms with van der Waals surface area (Å²) in [5, 5.41) is 11.5. The van der Waals surface area contributed by atoms with E-state index in [9.17, 15) is 9.59 Å². The number of ether oxygens (including phenoxy) is 1. The Bertz CT molecular complexity index is 1470. The highest BCUT2D eigenvalue weighted by atomic mass is 35.5. The maximum Gasteiger partial charge on any atom is 0.309 e. The van der Waals surface area contributed by atoms with E-state index in [0.717, 1.165) is 58.2 Å². The molecule has 0 fully saturated rings. The highest BCUT2D eigenvalue weighted by molar-refractivity contribution is 6.34. The standard InChI is InChI=1S/C13H14ClN3O2.C11H10ClN3O2/c1-2-19-13(18)7-3-4-9-8(5-7)10-11(14)15-6-16-12(10)17-9;12-9-8-6-3-5(11(16)17)1-2-7(6)15-10(8)14-4-13-9/h6-7H,2-5H2,1H3,(H,15,16,17);4-5H,1-3H2,(H,16,17)(H,13,14,15). The molecule has 4 aromatic rings. The quantitative estimate of drug-likeness (QED) is 0.265. The predicted molar refractivity (Wildman–Crippen MR) is 133 cm³/mol. The summed E-state index contributed by atoms with van der Waals surface area (Å²) in [7, 11) is 0. The third-order valence-electron chi connectivity index (χ3n) is 6.83. The van der Waals surface area contributed by atoms with Crippen molar-refractivity contribution in [3.63, 3.8) is 0 Å². The topological polar surface area (TPSA) is 147 Å². The number of rotatable bonds is 3. The number of aryl methyl sites for hydroxylation is 2. The number of aliphatic carboxylic acids is 1. The molecule has 0 amide bonds. The van der Waals surface area contributed by atoms with E-state index in [4.69, 9.17) is 33.0 Å². The molecule has 2 aliphatic rings. The summed E-state index contributed by atoms with van der Waals surface area (Å²) in [5.74, 6) is -1.31. The van der Waals surface area contributed by atoms with Crippen LogP contribution in [0.5, 0.6) is 0 Å². The normalized spacial score (nSPS) is 18.8. The van der Waals surface area contributed by atoms with Crippen LogP contribution in [0.1, 0.15) is 42.3 Å². The van der Waals surface area contributed by atoms with Crippen LogP contribution in [0.25, 0.3) is 22.1 Å². The Morgan fingerprint density at radius 2 is 1.42 bits per heavy atom. The summed E-state index contributed by atoms with van der Waals surface area (Å²) in [5.41, 5.74) is 5.61. The predicted octanol–water partition coefficient (Wildman–Crippen LogP) is 4.08. The minimum atomic E-state index is -0.752. The molecule has 0 saturated carbocycles. The number of nitrogens with one attached hydrogen (secondary N) is 2. The number of hydrogen-bond acceptors (Lipinski definition) is 7. The molecule has 0 aliphatic heterocycles. The molecule has 2 aliphatic carbocycles. The molecule has 0 bridgehead atoms. The number of esters is 1. The fourth-order valence-electron chi connectivity index (χ4n) is 5.07. The van der Waals surface area contributed by atoms with Gasteiger partial charge in [-0.25, -0.2) is 19.9 Å². The second-order valence-corrected chi connectivity index (χ2v) is 9.63. The molecule has 0 saturated heterocycles. The van der Waals surface area contributed by atoms with Crippen LogP contribution >= 0.6 is 23.2 Å². The molecule has 2 atom stereocenters. The van der Waals surface area contributed by atoms with Crippen molar-refractivity contribution in [3.8, 4) is 0 Å². The van der Waals surface area contributed by atoms with Gasteiger partial charge >= 0.3 is 11.9 Å². The summed E-state index contributed by atoms with van der Waals surface area (Å²) in [6.07, 6.45) is 6.96. The van der Waals surface area contributed by atoms with E-state index < -0.39 is 5.97 Å². The lowest BCUT2D eigenvalue weighted by Crippen LogP contribution is -2.24. The first-order chi connectivity index (χ1) is 17.4. The van der Waals surface area contributed by atoms with Crippen molar-refractivity contribution in [2.24, 2.45) is 11.8 Å². The van der Waals surface area contributed by atoms with Crippen molar-refractivity contribution in [2.45, 2.75) is 45.4 Å². The Morgan fingerprint density at radius 1 is 0.917 bits per heavy atom. The number of halogens is 2. The molecule has 188 valence electrons. The van der Waals surface area contributed by atoms with Crippen molar-refractivity contribution in [3.05, 3.63) is 45.5 Å². The van der Waals surface area contributed by atoms with Gasteiger partial charge in [0.25, 0.3) is 0 Å². The summed E-state index contributed by atoms with van der Waals surface area (Å²) < 4.78 is 5.10. The largest absolute Gasteiger partial charge is 0.481 e. The lowest BCUT2D eigenvalue weighted by atomic mass is 9.87. The molecule has 0 radical (unpaired) electrons. The molecular weight excluding hydrogens is 507 g/mol. The molecule has 0 spiro atoms. The van der Waals surface area contributed by atoms with Crippen LogP contribution in [0, 0.1) is 11.8 Å². The van der Waals surface area contributed by atoms with Gasteiger partial charge in [0.15, 0.2) is 0 Å². The number of carboxylic acid groups (broad SMARTS) is 1. The number of fused-ring (bicyclic) bond motifs is 6. The number of nitrogens with zero attached hydrogens (tertiary/aromatic N) is 4. The summed E-state index contributed by atoms with van der Waals surface area (Å²) >= 11 is 12.2. The number of aromatic amines is 2. The van der Waals surface area contributed by atoms with E-state index in [1.807, 2.05) is 6.92 Å². The van der Waals surface area contributed by atoms with E-state index in [0.29, 0.717) is 41.8 Å². The van der Waals surface area contributed by atoms with Crippen molar-refractivity contribution >= 4 is 57.2 Å². The van der Waals surface area contributed by atoms with Gasteiger partial charge in [-0.05, 0) is 56.6 Å². The summed E-state index contributed by atoms with van der Waals surface area (Å²) in [6.45, 7) is 2.24. The molecule has 0 aromatic carbocycles. The van der Waals surface area contributed by atoms with Gasteiger partial charge in [-0.15, -0.1) is 0 Å². The van der Waals surface area contributed by atoms with Crippen LogP contribution in [0.3, 0.4) is 0 Å². The summed E-state index contributed by atoms with van der Waals surface area (Å²) in [6, 6.07) is 0. The second-order valence-electron chi connectivity index (χ2n) is 8.91. The molecule has 12 heteroatoms. The zero-order chi connectivity index (χ0) is 25.4. The number of hydrogen-bond donors (Lipinski definition) is 3. The van der Waals surface area contributed by atoms with Crippen LogP contribution < -0.4 is 0 Å². The Kier molecular flexibility index (Phi) is 6.81. The first kappa shape index (κ1) is 24.5. The lowest BCUT2D eigenvalue weighted by molar-refractivity contribution is -0.148. The van der Waals surface area contributed by atoms with Gasteiger partial charge < -0.3 is 19.8 Å². The van der Waals surface area contributed by atoms with Crippen molar-refractivity contribution in [1.29, 1.82) is 0 Å². The molecule has 3 N–H and O–H groups in total. The highest BCUT2D eigenvalue weighted by Gasteiger charge is 2.30. The minimum absolute atomic E-state index is 0.0947. The van der Waals surface area contributed by atoms with E-state index >= 15 is 0 Å². The van der Waals surface area contributed by atoms with E-state index in [-0.39, 0.29) is 17.8 Å². The number of aromatic nitrogens is 6. The Morgan fingerprint density at radius 3 is 1.92 bits per heavy atom. The summed E-state index contributed by atoms with van der Waals surface area (Å²) in [4.78, 5) is 45.6. The zero-order valence-electron chi connectivity index (χ0n) is 19.5. The Hall–Kier alpha value is -3.24. The van der Waals surface area contributed by atoms with Gasteiger partial charge in [0.05, 0.1) is 29.2 Å². The fourth-order valence-corrected chi connectivity index (χ4v) is 5.57. The van der Waals surface area contributed by atoms with E-state index in [1.54, 1.807) is 0 Å². The van der Waals surface area contributed by atoms with Gasteiger partial charge in [-0.3, -0.25) is 9.59 Å². The Balaban J connectivity index is 0.000000149. The van der Waals surface area contributed by atoms with Crippen LogP contribution in [-0.4, -0.2) is 53.6 Å². The maximum absolute atomic E-state index is 11.9. The average molecular weight is 531 g/mol. The van der Waals surface area contributed by atoms with Crippen molar-refractivity contribution < 1.29 is 19.4 Å². The molecule has 6 rings (SSSR count). The van der Waals surface area contributed by atoms with Gasteiger partial charge in [0.1, 0.15) is 34.3 Å². The molecule has 4 aromatic heterocycles. The number of carboxylic acids is 1. The van der Waals surface area contributed by atoms with Crippen LogP contribution in [0.15, 0.2) is 12.7 Å². The van der Waals surface area contributed by atoms with Gasteiger partial charge in [0.2, 0.25) is 0 Å². The number of carbonyl (C=O) groups excluding carboxylic acids is 1. The fraction of sp³-hybridized carbons (Fsp3) is 0.417. The van der Waals surface area contributed by atoms with E-state index in [1.165, 1.54) is 12.7 Å². The molecule has 36 heavy (non-hydrogen) atoms. The van der Waals surface area contributed by atoms with Crippen molar-refractivity contribution in [2.75, 3.05) is 6.61 Å². The first-order valence-electron chi connectivity index (χ1n) is 11.8. The monoisotopic (exact) mass is 530 g/mol. The van der Waals surface area contributed by atoms with Crippen LogP contribution in [0.2, 0.25) is 10.3 Å². The average Bonchev–Trinajstić information content (AvgIpc) is 3.43. The first-order valence-corrected chi connectivity index (χ1v) is 12.5. The molecular formula is C24H24Cl2N6O4. The third-order valence-corrected chi connectivity index (χ3v) is 7.40. The number of H-pyrrole nitrogens is 2. The SMILES string of the molecule is CCOC(=O)C1CCc2[nH]c3ncnc(Cl)c3c2C1.O=C(O)C1CCc2[nH]c3ncnc(Cl)c3c2C1. The molecule has 4 heterocycles. The molecule has 2 unspecified atom stereocenters. The van der Waals surface area contributed by atoms with Crippen LogP contribution in [-0.2, 0) is 40.0 Å². The second kappa shape index (κ2) is 10.0. The van der Waals surface area contributed by atoms with Gasteiger partial charge in [-0.2, -0.15) is 0 Å². The maximum atomic E-state index is 11.9. The zero-order valence-corrected chi connectivity index (χ0v) is 21.0. The van der Waals surface area contributed by atoms with Gasteiger partial charge in [-0.1, -0.05) is 23.2 Å². The molecule has 10 nitrogen and oxygen atoms in total. The van der Waals surface area contributed by atoms with Gasteiger partial charge in [0, 0.05) is 11.4 Å². The highest BCUT2D eigenvalue weighted by Crippen LogP contribution is 2.35. The third kappa shape index (κ3) is 4.51. The van der Waals surface area contributed by atoms with Crippen molar-refractivity contribution in [1.82, 2.24) is 29.9 Å². The lowest BCUT2D eigenvalue weighted by Gasteiger charge is -2.20. The minimum Gasteiger partial charge on any atom is -0.481 e. The Labute approximate surface area is 215 Å².